The highest BCUT2D eigenvalue weighted by Crippen LogP contribution is 2.20. The number of aryl methyl sites for hydroxylation is 2. The van der Waals surface area contributed by atoms with E-state index in [0.717, 1.165) is 0 Å². The van der Waals surface area contributed by atoms with Crippen LogP contribution in [-0.2, 0) is 23.6 Å². The van der Waals surface area contributed by atoms with Gasteiger partial charge < -0.3 is 5.73 Å². The SMILES string of the molecule is Cc1nccc(CNS(=O)(=O)c2c(N)nn(C)c2C)n1. The standard InChI is InChI=1S/C11H16N6O2S/c1-7-10(11(12)16-17(7)3)20(18,19)14-6-9-4-5-13-8(2)15-9/h4-5,14H,6H2,1-3H3,(H2,12,16). The maximum Gasteiger partial charge on any atom is 0.246 e. The Morgan fingerprint density at radius 2 is 2.10 bits per heavy atom. The molecule has 0 bridgehead atoms. The Hall–Kier alpha value is -2.00. The van der Waals surface area contributed by atoms with Crippen molar-refractivity contribution < 1.29 is 8.42 Å². The molecule has 3 N–H and O–H groups in total. The minimum atomic E-state index is -3.73. The molecule has 0 aromatic carbocycles. The highest BCUT2D eigenvalue weighted by molar-refractivity contribution is 7.89. The minimum Gasteiger partial charge on any atom is -0.381 e. The maximum atomic E-state index is 12.3. The van der Waals surface area contributed by atoms with Gasteiger partial charge >= 0.3 is 0 Å². The predicted octanol–water partition coefficient (Wildman–Crippen LogP) is -0.112. The second kappa shape index (κ2) is 5.17. The Kier molecular flexibility index (Phi) is 3.73. The van der Waals surface area contributed by atoms with Gasteiger partial charge in [-0.3, -0.25) is 4.68 Å². The normalized spacial score (nSPS) is 11.8. The van der Waals surface area contributed by atoms with E-state index < -0.39 is 10.0 Å². The zero-order valence-corrected chi connectivity index (χ0v) is 12.3. The number of nitrogens with two attached hydrogens (primary N) is 1. The highest BCUT2D eigenvalue weighted by atomic mass is 32.2. The lowest BCUT2D eigenvalue weighted by atomic mass is 10.4. The second-order valence-electron chi connectivity index (χ2n) is 4.34. The number of aromatic nitrogens is 4. The fourth-order valence-electron chi connectivity index (χ4n) is 1.79. The first-order valence-electron chi connectivity index (χ1n) is 5.88. The van der Waals surface area contributed by atoms with Gasteiger partial charge in [0.05, 0.1) is 17.9 Å². The average molecular weight is 296 g/mol. The molecule has 0 saturated carbocycles. The van der Waals surface area contributed by atoms with Crippen LogP contribution in [0.1, 0.15) is 17.2 Å². The van der Waals surface area contributed by atoms with E-state index >= 15 is 0 Å². The zero-order chi connectivity index (χ0) is 14.9. The van der Waals surface area contributed by atoms with Crippen LogP contribution in [-0.4, -0.2) is 28.2 Å². The average Bonchev–Trinajstić information content (AvgIpc) is 2.61. The monoisotopic (exact) mass is 296 g/mol. The van der Waals surface area contributed by atoms with Crippen molar-refractivity contribution in [1.82, 2.24) is 24.5 Å². The van der Waals surface area contributed by atoms with E-state index in [9.17, 15) is 8.42 Å². The molecule has 0 aliphatic rings. The van der Waals surface area contributed by atoms with Crippen molar-refractivity contribution in [2.24, 2.45) is 7.05 Å². The van der Waals surface area contributed by atoms with Crippen molar-refractivity contribution in [3.63, 3.8) is 0 Å². The van der Waals surface area contributed by atoms with Crippen molar-refractivity contribution >= 4 is 15.8 Å². The van der Waals surface area contributed by atoms with Gasteiger partial charge in [0.25, 0.3) is 0 Å². The van der Waals surface area contributed by atoms with Gasteiger partial charge in [-0.05, 0) is 19.9 Å². The summed E-state index contributed by atoms with van der Waals surface area (Å²) in [5, 5.41) is 3.90. The molecule has 108 valence electrons. The summed E-state index contributed by atoms with van der Waals surface area (Å²) in [5.74, 6) is 0.565. The van der Waals surface area contributed by atoms with Gasteiger partial charge in [-0.2, -0.15) is 5.10 Å². The van der Waals surface area contributed by atoms with E-state index in [1.165, 1.54) is 4.68 Å². The molecule has 0 spiro atoms. The van der Waals surface area contributed by atoms with E-state index in [1.807, 2.05) is 0 Å². The molecule has 0 atom stereocenters. The van der Waals surface area contributed by atoms with Crippen LogP contribution in [0.3, 0.4) is 0 Å². The third-order valence-electron chi connectivity index (χ3n) is 2.85. The van der Waals surface area contributed by atoms with Crippen LogP contribution in [0.4, 0.5) is 5.82 Å². The molecule has 0 fully saturated rings. The molecule has 0 unspecified atom stereocenters. The number of rotatable bonds is 4. The lowest BCUT2D eigenvalue weighted by Gasteiger charge is -2.07. The van der Waals surface area contributed by atoms with Crippen molar-refractivity contribution in [2.45, 2.75) is 25.3 Å². The number of hydrogen-bond acceptors (Lipinski definition) is 6. The Balaban J connectivity index is 2.24. The highest BCUT2D eigenvalue weighted by Gasteiger charge is 2.24. The Morgan fingerprint density at radius 1 is 1.40 bits per heavy atom. The Labute approximate surface area is 117 Å². The summed E-state index contributed by atoms with van der Waals surface area (Å²) in [6, 6.07) is 1.65. The van der Waals surface area contributed by atoms with Gasteiger partial charge in [0.15, 0.2) is 5.82 Å². The van der Waals surface area contributed by atoms with Gasteiger partial charge in [-0.25, -0.2) is 23.1 Å². The summed E-state index contributed by atoms with van der Waals surface area (Å²) in [4.78, 5) is 8.09. The predicted molar refractivity (Wildman–Crippen MR) is 73.2 cm³/mol. The van der Waals surface area contributed by atoms with Crippen molar-refractivity contribution in [3.8, 4) is 0 Å². The van der Waals surface area contributed by atoms with Crippen LogP contribution in [0, 0.1) is 13.8 Å². The molecule has 2 aromatic heterocycles. The van der Waals surface area contributed by atoms with Crippen LogP contribution < -0.4 is 10.5 Å². The molecule has 0 aliphatic heterocycles. The molecule has 8 nitrogen and oxygen atoms in total. The van der Waals surface area contributed by atoms with Crippen molar-refractivity contribution in [2.75, 3.05) is 5.73 Å². The van der Waals surface area contributed by atoms with Crippen LogP contribution in [0.2, 0.25) is 0 Å². The first-order chi connectivity index (χ1) is 9.31. The molecule has 0 saturated heterocycles. The smallest absolute Gasteiger partial charge is 0.246 e. The van der Waals surface area contributed by atoms with Gasteiger partial charge in [-0.1, -0.05) is 0 Å². The van der Waals surface area contributed by atoms with Crippen LogP contribution in [0.5, 0.6) is 0 Å². The number of nitrogens with one attached hydrogen (secondary N) is 1. The van der Waals surface area contributed by atoms with E-state index in [0.29, 0.717) is 17.2 Å². The fraction of sp³-hybridized carbons (Fsp3) is 0.364. The number of nitrogen functional groups attached to an aromatic ring is 1. The molecular weight excluding hydrogens is 280 g/mol. The van der Waals surface area contributed by atoms with Crippen molar-refractivity contribution in [3.05, 3.63) is 29.5 Å². The number of nitrogens with zero attached hydrogens (tertiary/aromatic N) is 4. The van der Waals surface area contributed by atoms with E-state index in [1.54, 1.807) is 33.2 Å². The third kappa shape index (κ3) is 2.78. The minimum absolute atomic E-state index is 0.00535. The van der Waals surface area contributed by atoms with Crippen LogP contribution in [0.15, 0.2) is 17.2 Å². The van der Waals surface area contributed by atoms with Crippen molar-refractivity contribution in [1.29, 1.82) is 0 Å². The summed E-state index contributed by atoms with van der Waals surface area (Å²) in [7, 11) is -2.09. The van der Waals surface area contributed by atoms with Gasteiger partial charge in [0.1, 0.15) is 10.7 Å². The molecule has 0 amide bonds. The number of hydrogen-bond donors (Lipinski definition) is 2. The summed E-state index contributed by atoms with van der Waals surface area (Å²) >= 11 is 0. The second-order valence-corrected chi connectivity index (χ2v) is 6.05. The van der Waals surface area contributed by atoms with E-state index in [2.05, 4.69) is 19.8 Å². The Bertz CT molecular complexity index is 737. The topological polar surface area (TPSA) is 116 Å². The van der Waals surface area contributed by atoms with E-state index in [4.69, 9.17) is 5.73 Å². The summed E-state index contributed by atoms with van der Waals surface area (Å²) in [5.41, 5.74) is 6.71. The van der Waals surface area contributed by atoms with Gasteiger partial charge in [0, 0.05) is 13.2 Å². The molecular formula is C11H16N6O2S. The molecule has 9 heteroatoms. The molecule has 0 aliphatic carbocycles. The number of anilines is 1. The summed E-state index contributed by atoms with van der Waals surface area (Å²) in [6.07, 6.45) is 1.58. The lowest BCUT2D eigenvalue weighted by molar-refractivity contribution is 0.579. The van der Waals surface area contributed by atoms with Gasteiger partial charge in [-0.15, -0.1) is 0 Å². The van der Waals surface area contributed by atoms with Crippen LogP contribution >= 0.6 is 0 Å². The van der Waals surface area contributed by atoms with Crippen LogP contribution in [0.25, 0.3) is 0 Å². The Morgan fingerprint density at radius 3 is 2.65 bits per heavy atom. The first-order valence-corrected chi connectivity index (χ1v) is 7.37. The third-order valence-corrected chi connectivity index (χ3v) is 4.42. The molecule has 20 heavy (non-hydrogen) atoms. The largest absolute Gasteiger partial charge is 0.381 e. The van der Waals surface area contributed by atoms with Gasteiger partial charge in [0.2, 0.25) is 10.0 Å². The molecule has 2 heterocycles. The maximum absolute atomic E-state index is 12.3. The number of sulfonamides is 1. The summed E-state index contributed by atoms with van der Waals surface area (Å²) in [6.45, 7) is 3.45. The molecule has 0 radical (unpaired) electrons. The lowest BCUT2D eigenvalue weighted by Crippen LogP contribution is -2.25. The zero-order valence-electron chi connectivity index (χ0n) is 11.5. The molecule has 2 rings (SSSR count). The summed E-state index contributed by atoms with van der Waals surface area (Å²) < 4.78 is 28.4. The van der Waals surface area contributed by atoms with E-state index in [-0.39, 0.29) is 17.3 Å². The molecule has 2 aromatic rings. The first kappa shape index (κ1) is 14.4. The fourth-order valence-corrected chi connectivity index (χ4v) is 3.11. The quantitative estimate of drug-likeness (QED) is 0.813.